The number of benzene rings is 5. The summed E-state index contributed by atoms with van der Waals surface area (Å²) in [5.41, 5.74) is 9.37. The third-order valence-electron chi connectivity index (χ3n) is 6.13. The molecule has 31 heavy (non-hydrogen) atoms. The molecule has 1 aliphatic heterocycles. The van der Waals surface area contributed by atoms with Crippen LogP contribution in [-0.2, 0) is 0 Å². The van der Waals surface area contributed by atoms with Crippen LogP contribution in [0.2, 0.25) is 0 Å². The summed E-state index contributed by atoms with van der Waals surface area (Å²) in [5, 5.41) is 2.52. The highest BCUT2D eigenvalue weighted by Gasteiger charge is 2.26. The second-order valence-electron chi connectivity index (χ2n) is 7.96. The second kappa shape index (κ2) is 7.00. The Kier molecular flexibility index (Phi) is 4.00. The number of rotatable bonds is 2. The third-order valence-corrected chi connectivity index (χ3v) is 6.13. The van der Waals surface area contributed by atoms with Crippen molar-refractivity contribution in [1.82, 2.24) is 0 Å². The predicted molar refractivity (Wildman–Crippen MR) is 132 cm³/mol. The summed E-state index contributed by atoms with van der Waals surface area (Å²) in [4.78, 5) is 2.28. The Morgan fingerprint density at radius 3 is 1.97 bits per heavy atom. The van der Waals surface area contributed by atoms with E-state index in [2.05, 4.69) is 127 Å². The molecule has 0 N–H and O–H groups in total. The first-order valence-electron chi connectivity index (χ1n) is 10.6. The summed E-state index contributed by atoms with van der Waals surface area (Å²) >= 11 is 0. The van der Waals surface area contributed by atoms with Crippen LogP contribution in [0, 0.1) is 0 Å². The number of fused-ring (bicyclic) bond motifs is 4. The van der Waals surface area contributed by atoms with Crippen LogP contribution in [0.1, 0.15) is 5.56 Å². The maximum absolute atomic E-state index is 4.48. The van der Waals surface area contributed by atoms with Gasteiger partial charge in [0.1, 0.15) is 0 Å². The lowest BCUT2D eigenvalue weighted by atomic mass is 9.89. The fourth-order valence-corrected chi connectivity index (χ4v) is 4.60. The van der Waals surface area contributed by atoms with Crippen molar-refractivity contribution in [3.05, 3.63) is 127 Å². The fourth-order valence-electron chi connectivity index (χ4n) is 4.60. The van der Waals surface area contributed by atoms with Crippen molar-refractivity contribution < 1.29 is 0 Å². The van der Waals surface area contributed by atoms with Gasteiger partial charge >= 0.3 is 0 Å². The molecule has 0 fully saturated rings. The van der Waals surface area contributed by atoms with Crippen molar-refractivity contribution in [3.8, 4) is 22.3 Å². The molecule has 0 bridgehead atoms. The molecule has 5 aromatic carbocycles. The molecule has 0 saturated carbocycles. The first-order valence-corrected chi connectivity index (χ1v) is 10.6. The third kappa shape index (κ3) is 2.86. The quantitative estimate of drug-likeness (QED) is 0.290. The van der Waals surface area contributed by atoms with Gasteiger partial charge in [0.05, 0.1) is 5.69 Å². The molecule has 0 atom stereocenters. The zero-order valence-corrected chi connectivity index (χ0v) is 17.1. The molecule has 5 aromatic rings. The van der Waals surface area contributed by atoms with Crippen LogP contribution in [0.25, 0.3) is 38.7 Å². The second-order valence-corrected chi connectivity index (χ2v) is 7.96. The Hall–Kier alpha value is -4.10. The highest BCUT2D eigenvalue weighted by Crippen LogP contribution is 2.48. The first-order chi connectivity index (χ1) is 15.3. The average molecular weight is 396 g/mol. The van der Waals surface area contributed by atoms with Crippen LogP contribution in [0.15, 0.2) is 122 Å². The van der Waals surface area contributed by atoms with E-state index >= 15 is 0 Å². The number of hydrogen-bond donors (Lipinski definition) is 0. The van der Waals surface area contributed by atoms with E-state index in [1.807, 2.05) is 0 Å². The first kappa shape index (κ1) is 17.7. The molecule has 146 valence electrons. The molecule has 1 aliphatic rings. The molecule has 0 amide bonds. The molecule has 0 saturated heterocycles. The topological polar surface area (TPSA) is 3.24 Å². The summed E-state index contributed by atoms with van der Waals surface area (Å²) in [6, 6.07) is 41.0. The summed E-state index contributed by atoms with van der Waals surface area (Å²) in [6.07, 6.45) is 0. The number of nitrogens with zero attached hydrogens (tertiary/aromatic N) is 1. The minimum absolute atomic E-state index is 1.00. The van der Waals surface area contributed by atoms with Crippen molar-refractivity contribution in [2.24, 2.45) is 0 Å². The van der Waals surface area contributed by atoms with Gasteiger partial charge in [-0.3, -0.25) is 0 Å². The molecule has 6 rings (SSSR count). The number of anilines is 2. The van der Waals surface area contributed by atoms with E-state index in [1.54, 1.807) is 0 Å². The summed E-state index contributed by atoms with van der Waals surface area (Å²) in [7, 11) is 0. The van der Waals surface area contributed by atoms with Gasteiger partial charge in [-0.05, 0) is 51.7 Å². The standard InChI is InChI=1S/C30H21N/c1-21-27-13-7-8-14-28(27)29-18-17-25(20-30(29)31(21)26-11-3-2-4-12-26)24-16-15-22-9-5-6-10-23(22)19-24/h2-20H,1H2. The van der Waals surface area contributed by atoms with Gasteiger partial charge in [0.25, 0.3) is 0 Å². The highest BCUT2D eigenvalue weighted by atomic mass is 15.2. The van der Waals surface area contributed by atoms with E-state index < -0.39 is 0 Å². The monoisotopic (exact) mass is 395 g/mol. The van der Waals surface area contributed by atoms with Crippen LogP contribution in [-0.4, -0.2) is 0 Å². The van der Waals surface area contributed by atoms with E-state index in [0.717, 1.165) is 11.4 Å². The Balaban J connectivity index is 1.58. The Bertz CT molecular complexity index is 1450. The molecule has 0 aliphatic carbocycles. The molecule has 1 heterocycles. The van der Waals surface area contributed by atoms with Crippen LogP contribution in [0.3, 0.4) is 0 Å². The van der Waals surface area contributed by atoms with Gasteiger partial charge in [-0.2, -0.15) is 0 Å². The van der Waals surface area contributed by atoms with Crippen molar-refractivity contribution >= 4 is 27.8 Å². The summed E-state index contributed by atoms with van der Waals surface area (Å²) < 4.78 is 0. The summed E-state index contributed by atoms with van der Waals surface area (Å²) in [5.74, 6) is 0. The number of para-hydroxylation sites is 1. The van der Waals surface area contributed by atoms with Crippen molar-refractivity contribution in [3.63, 3.8) is 0 Å². The lowest BCUT2D eigenvalue weighted by Gasteiger charge is -2.35. The van der Waals surface area contributed by atoms with Crippen LogP contribution in [0.5, 0.6) is 0 Å². The zero-order chi connectivity index (χ0) is 20.8. The lowest BCUT2D eigenvalue weighted by molar-refractivity contribution is 1.27. The van der Waals surface area contributed by atoms with Crippen LogP contribution >= 0.6 is 0 Å². The van der Waals surface area contributed by atoms with Crippen molar-refractivity contribution in [2.75, 3.05) is 4.90 Å². The van der Waals surface area contributed by atoms with Gasteiger partial charge in [-0.25, -0.2) is 0 Å². The minimum Gasteiger partial charge on any atom is -0.310 e. The molecular weight excluding hydrogens is 374 g/mol. The van der Waals surface area contributed by atoms with Gasteiger partial charge in [-0.1, -0.05) is 97.6 Å². The maximum Gasteiger partial charge on any atom is 0.0546 e. The zero-order valence-electron chi connectivity index (χ0n) is 17.1. The van der Waals surface area contributed by atoms with E-state index in [-0.39, 0.29) is 0 Å². The van der Waals surface area contributed by atoms with Gasteiger partial charge in [-0.15, -0.1) is 0 Å². The van der Waals surface area contributed by atoms with Gasteiger partial charge in [0.15, 0.2) is 0 Å². The Morgan fingerprint density at radius 1 is 0.484 bits per heavy atom. The molecule has 0 spiro atoms. The summed E-state index contributed by atoms with van der Waals surface area (Å²) in [6.45, 7) is 4.48. The van der Waals surface area contributed by atoms with Crippen molar-refractivity contribution in [2.45, 2.75) is 0 Å². The predicted octanol–water partition coefficient (Wildman–Crippen LogP) is 8.30. The van der Waals surface area contributed by atoms with Crippen LogP contribution in [0.4, 0.5) is 11.4 Å². The van der Waals surface area contributed by atoms with E-state index in [4.69, 9.17) is 0 Å². The maximum atomic E-state index is 4.48. The molecule has 0 unspecified atom stereocenters. The fraction of sp³-hybridized carbons (Fsp3) is 0. The molecule has 0 radical (unpaired) electrons. The smallest absolute Gasteiger partial charge is 0.0546 e. The number of hydrogen-bond acceptors (Lipinski definition) is 1. The van der Waals surface area contributed by atoms with Gasteiger partial charge < -0.3 is 4.90 Å². The molecule has 1 heteroatoms. The van der Waals surface area contributed by atoms with Gasteiger partial charge in [0, 0.05) is 22.5 Å². The normalized spacial score (nSPS) is 12.5. The Morgan fingerprint density at radius 2 is 1.13 bits per heavy atom. The SMILES string of the molecule is C=C1c2ccccc2-c2ccc(-c3ccc4ccccc4c3)cc2N1c1ccccc1. The largest absolute Gasteiger partial charge is 0.310 e. The molecule has 1 nitrogen and oxygen atoms in total. The molecular formula is C30H21N. The minimum atomic E-state index is 1.00. The van der Waals surface area contributed by atoms with Crippen LogP contribution < -0.4 is 4.90 Å². The van der Waals surface area contributed by atoms with Gasteiger partial charge in [0.2, 0.25) is 0 Å². The highest BCUT2D eigenvalue weighted by molar-refractivity contribution is 6.03. The lowest BCUT2D eigenvalue weighted by Crippen LogP contribution is -2.19. The van der Waals surface area contributed by atoms with E-state index in [1.165, 1.54) is 44.3 Å². The van der Waals surface area contributed by atoms with Crippen molar-refractivity contribution in [1.29, 1.82) is 0 Å². The van der Waals surface area contributed by atoms with E-state index in [9.17, 15) is 0 Å². The molecule has 0 aromatic heterocycles. The Labute approximate surface area is 182 Å². The van der Waals surface area contributed by atoms with E-state index in [0.29, 0.717) is 0 Å². The average Bonchev–Trinajstić information content (AvgIpc) is 2.84.